The van der Waals surface area contributed by atoms with Gasteiger partial charge in [0, 0.05) is 0 Å². The minimum absolute atomic E-state index is 0.407. The minimum atomic E-state index is -4.68. The van der Waals surface area contributed by atoms with Crippen LogP contribution in [0.4, 0.5) is 13.2 Å². The van der Waals surface area contributed by atoms with Crippen molar-refractivity contribution < 1.29 is 23.1 Å². The third-order valence-electron chi connectivity index (χ3n) is 1.99. The summed E-state index contributed by atoms with van der Waals surface area (Å²) in [4.78, 5) is 11.0. The lowest BCUT2D eigenvalue weighted by molar-refractivity contribution is -0.201. The summed E-state index contributed by atoms with van der Waals surface area (Å²) < 4.78 is 35.3. The molecule has 0 saturated carbocycles. The second-order valence-corrected chi connectivity index (χ2v) is 3.10. The van der Waals surface area contributed by atoms with Crippen molar-refractivity contribution in [1.82, 2.24) is 10.6 Å². The van der Waals surface area contributed by atoms with E-state index in [0.29, 0.717) is 13.0 Å². The van der Waals surface area contributed by atoms with Crippen LogP contribution in [0.15, 0.2) is 0 Å². The summed E-state index contributed by atoms with van der Waals surface area (Å²) in [6, 6.07) is -0.407. The molecule has 4 nitrogen and oxygen atoms in total. The maximum atomic E-state index is 11.8. The van der Waals surface area contributed by atoms with Crippen molar-refractivity contribution in [3.05, 3.63) is 0 Å². The van der Waals surface area contributed by atoms with Crippen molar-refractivity contribution in [2.75, 3.05) is 13.1 Å². The SMILES string of the molecule is O=C(NCC(O)C(F)(F)F)[C@H]1CCN1. The molecule has 0 bridgehead atoms. The highest BCUT2D eigenvalue weighted by Crippen LogP contribution is 2.19. The highest BCUT2D eigenvalue weighted by atomic mass is 19.4. The van der Waals surface area contributed by atoms with E-state index in [2.05, 4.69) is 5.32 Å². The van der Waals surface area contributed by atoms with Crippen molar-refractivity contribution in [3.63, 3.8) is 0 Å². The van der Waals surface area contributed by atoms with Gasteiger partial charge < -0.3 is 15.7 Å². The van der Waals surface area contributed by atoms with Gasteiger partial charge in [0.05, 0.1) is 12.6 Å². The second-order valence-electron chi connectivity index (χ2n) is 3.10. The molecule has 1 saturated heterocycles. The topological polar surface area (TPSA) is 61.4 Å². The standard InChI is InChI=1S/C7H11F3N2O2/c8-7(9,10)5(13)3-12-6(14)4-1-2-11-4/h4-5,11,13H,1-3H2,(H,12,14)/t4-,5?/m1/s1. The highest BCUT2D eigenvalue weighted by Gasteiger charge is 2.38. The van der Waals surface area contributed by atoms with Crippen molar-refractivity contribution in [1.29, 1.82) is 0 Å². The van der Waals surface area contributed by atoms with Gasteiger partial charge >= 0.3 is 6.18 Å². The van der Waals surface area contributed by atoms with Gasteiger partial charge in [-0.25, -0.2) is 0 Å². The van der Waals surface area contributed by atoms with E-state index in [1.165, 1.54) is 0 Å². The lowest BCUT2D eigenvalue weighted by Crippen LogP contribution is -2.55. The average molecular weight is 212 g/mol. The molecule has 1 aliphatic heterocycles. The molecule has 82 valence electrons. The smallest absolute Gasteiger partial charge is 0.382 e. The van der Waals surface area contributed by atoms with Gasteiger partial charge in [0.25, 0.3) is 0 Å². The monoisotopic (exact) mass is 212 g/mol. The number of rotatable bonds is 3. The molecule has 7 heteroatoms. The van der Waals surface area contributed by atoms with Gasteiger partial charge in [-0.1, -0.05) is 0 Å². The fourth-order valence-corrected chi connectivity index (χ4v) is 0.949. The molecule has 3 N–H and O–H groups in total. The number of halogens is 3. The van der Waals surface area contributed by atoms with Crippen LogP contribution in [0, 0.1) is 0 Å². The van der Waals surface area contributed by atoms with Crippen molar-refractivity contribution >= 4 is 5.91 Å². The Morgan fingerprint density at radius 2 is 2.21 bits per heavy atom. The Morgan fingerprint density at radius 1 is 1.64 bits per heavy atom. The first-order chi connectivity index (χ1) is 6.41. The Balaban J connectivity index is 2.22. The zero-order valence-corrected chi connectivity index (χ0v) is 7.27. The Morgan fingerprint density at radius 3 is 2.57 bits per heavy atom. The van der Waals surface area contributed by atoms with Gasteiger partial charge in [0.15, 0.2) is 6.10 Å². The second kappa shape index (κ2) is 4.14. The largest absolute Gasteiger partial charge is 0.416 e. The molecule has 0 aromatic rings. The molecule has 1 rings (SSSR count). The summed E-state index contributed by atoms with van der Waals surface area (Å²) in [5.74, 6) is -0.500. The third kappa shape index (κ3) is 2.85. The molecule has 0 spiro atoms. The number of hydrogen-bond donors (Lipinski definition) is 3. The van der Waals surface area contributed by atoms with Crippen molar-refractivity contribution in [2.24, 2.45) is 0 Å². The third-order valence-corrected chi connectivity index (χ3v) is 1.99. The number of carbonyl (C=O) groups is 1. The van der Waals surface area contributed by atoms with Crippen molar-refractivity contribution in [3.8, 4) is 0 Å². The van der Waals surface area contributed by atoms with E-state index in [-0.39, 0.29) is 0 Å². The number of alkyl halides is 3. The Kier molecular flexibility index (Phi) is 3.33. The molecule has 1 heterocycles. The summed E-state index contributed by atoms with van der Waals surface area (Å²) in [5, 5.41) is 13.3. The number of aliphatic hydroxyl groups is 1. The van der Waals surface area contributed by atoms with Crippen molar-refractivity contribution in [2.45, 2.75) is 24.7 Å². The number of nitrogens with one attached hydrogen (secondary N) is 2. The van der Waals surface area contributed by atoms with Gasteiger partial charge in [0.2, 0.25) is 5.91 Å². The van der Waals surface area contributed by atoms with E-state index in [1.54, 1.807) is 0 Å². The van der Waals surface area contributed by atoms with E-state index in [4.69, 9.17) is 5.11 Å². The van der Waals surface area contributed by atoms with Crippen LogP contribution in [0.25, 0.3) is 0 Å². The molecule has 2 atom stereocenters. The molecule has 0 aliphatic carbocycles. The van der Waals surface area contributed by atoms with Crippen LogP contribution in [0.1, 0.15) is 6.42 Å². The number of aliphatic hydroxyl groups excluding tert-OH is 1. The van der Waals surface area contributed by atoms with E-state index in [1.807, 2.05) is 5.32 Å². The zero-order valence-electron chi connectivity index (χ0n) is 7.27. The quantitative estimate of drug-likeness (QED) is 0.584. The van der Waals surface area contributed by atoms with E-state index >= 15 is 0 Å². The van der Waals surface area contributed by atoms with E-state index in [0.717, 1.165) is 0 Å². The molecule has 0 radical (unpaired) electrons. The first-order valence-electron chi connectivity index (χ1n) is 4.17. The Hall–Kier alpha value is -0.820. The maximum Gasteiger partial charge on any atom is 0.416 e. The molecule has 1 amide bonds. The average Bonchev–Trinajstić information content (AvgIpc) is 1.94. The zero-order chi connectivity index (χ0) is 10.8. The molecule has 1 unspecified atom stereocenters. The number of amides is 1. The van der Waals surface area contributed by atoms with Crippen LogP contribution >= 0.6 is 0 Å². The molecule has 0 aromatic carbocycles. The van der Waals surface area contributed by atoms with Crippen LogP contribution in [0.2, 0.25) is 0 Å². The van der Waals surface area contributed by atoms with Gasteiger partial charge in [-0.2, -0.15) is 13.2 Å². The van der Waals surface area contributed by atoms with Crippen LogP contribution in [-0.4, -0.2) is 42.4 Å². The van der Waals surface area contributed by atoms with Crippen LogP contribution in [-0.2, 0) is 4.79 Å². The predicted molar refractivity (Wildman–Crippen MR) is 41.5 cm³/mol. The first kappa shape index (κ1) is 11.3. The molecule has 0 aromatic heterocycles. The number of carbonyl (C=O) groups excluding carboxylic acids is 1. The minimum Gasteiger partial charge on any atom is -0.382 e. The van der Waals surface area contributed by atoms with Gasteiger partial charge in [-0.3, -0.25) is 4.79 Å². The lowest BCUT2D eigenvalue weighted by Gasteiger charge is -2.26. The summed E-state index contributed by atoms with van der Waals surface area (Å²) in [6.07, 6.45) is -6.56. The predicted octanol–water partition coefficient (Wildman–Crippen LogP) is -0.612. The fraction of sp³-hybridized carbons (Fsp3) is 0.857. The van der Waals surface area contributed by atoms with Crippen LogP contribution in [0.3, 0.4) is 0 Å². The van der Waals surface area contributed by atoms with Crippen LogP contribution in [0.5, 0.6) is 0 Å². The molecule has 1 fully saturated rings. The van der Waals surface area contributed by atoms with Gasteiger partial charge in [0.1, 0.15) is 0 Å². The molecule has 14 heavy (non-hydrogen) atoms. The normalized spacial score (nSPS) is 23.9. The van der Waals surface area contributed by atoms with Gasteiger partial charge in [-0.05, 0) is 13.0 Å². The highest BCUT2D eigenvalue weighted by molar-refractivity contribution is 5.82. The fourth-order valence-electron chi connectivity index (χ4n) is 0.949. The summed E-state index contributed by atoms with van der Waals surface area (Å²) in [5.41, 5.74) is 0. The van der Waals surface area contributed by atoms with Gasteiger partial charge in [-0.15, -0.1) is 0 Å². The van der Waals surface area contributed by atoms with Crippen LogP contribution < -0.4 is 10.6 Å². The van der Waals surface area contributed by atoms with E-state index in [9.17, 15) is 18.0 Å². The summed E-state index contributed by atoms with van der Waals surface area (Å²) in [7, 11) is 0. The molecular formula is C7H11F3N2O2. The Bertz CT molecular complexity index is 215. The maximum absolute atomic E-state index is 11.8. The lowest BCUT2D eigenvalue weighted by atomic mass is 10.1. The first-order valence-corrected chi connectivity index (χ1v) is 4.17. The number of hydrogen-bond acceptors (Lipinski definition) is 3. The molecular weight excluding hydrogens is 201 g/mol. The Labute approximate surface area is 78.5 Å². The molecule has 1 aliphatic rings. The van der Waals surface area contributed by atoms with E-state index < -0.39 is 30.8 Å². The summed E-state index contributed by atoms with van der Waals surface area (Å²) >= 11 is 0. The summed E-state index contributed by atoms with van der Waals surface area (Å²) in [6.45, 7) is -0.0968.